The lowest BCUT2D eigenvalue weighted by Crippen LogP contribution is -2.00. The summed E-state index contributed by atoms with van der Waals surface area (Å²) in [5.41, 5.74) is 11.4. The summed E-state index contributed by atoms with van der Waals surface area (Å²) in [6.07, 6.45) is 0. The van der Waals surface area contributed by atoms with E-state index < -0.39 is 0 Å². The fraction of sp³-hybridized carbons (Fsp3) is 0. The van der Waals surface area contributed by atoms with Crippen LogP contribution >= 0.6 is 0 Å². The number of hydrogen-bond donors (Lipinski definition) is 0. The first kappa shape index (κ1) is 30.6. The molecule has 0 fully saturated rings. The topological polar surface area (TPSA) is 51.8 Å². The minimum Gasteiger partial charge on any atom is -0.456 e. The van der Waals surface area contributed by atoms with Crippen LogP contribution in [-0.2, 0) is 0 Å². The molecular weight excluding hydrogens is 647 g/mol. The van der Waals surface area contributed by atoms with Gasteiger partial charge in [0.15, 0.2) is 17.5 Å². The Hall–Kier alpha value is -7.17. The van der Waals surface area contributed by atoms with E-state index in [-0.39, 0.29) is 0 Å². The molecular formula is C49H31N3O. The third-order valence-corrected chi connectivity index (χ3v) is 9.93. The van der Waals surface area contributed by atoms with Gasteiger partial charge in [-0.3, -0.25) is 0 Å². The van der Waals surface area contributed by atoms with E-state index in [4.69, 9.17) is 19.4 Å². The van der Waals surface area contributed by atoms with Crippen molar-refractivity contribution in [2.75, 3.05) is 0 Å². The number of furan rings is 1. The van der Waals surface area contributed by atoms with Crippen molar-refractivity contribution in [3.8, 4) is 67.5 Å². The monoisotopic (exact) mass is 677 g/mol. The average Bonchev–Trinajstić information content (AvgIpc) is 3.62. The highest BCUT2D eigenvalue weighted by Crippen LogP contribution is 2.39. The van der Waals surface area contributed by atoms with Crippen LogP contribution < -0.4 is 0 Å². The van der Waals surface area contributed by atoms with Gasteiger partial charge in [0.2, 0.25) is 0 Å². The van der Waals surface area contributed by atoms with Crippen molar-refractivity contribution >= 4 is 32.7 Å². The Labute approximate surface area is 306 Å². The lowest BCUT2D eigenvalue weighted by molar-refractivity contribution is 0.669. The first-order valence-electron chi connectivity index (χ1n) is 17.8. The molecule has 0 radical (unpaired) electrons. The first-order chi connectivity index (χ1) is 26.2. The Morgan fingerprint density at radius 1 is 0.302 bits per heavy atom. The summed E-state index contributed by atoms with van der Waals surface area (Å²) < 4.78 is 6.52. The highest BCUT2D eigenvalue weighted by atomic mass is 16.3. The molecule has 0 saturated heterocycles. The van der Waals surface area contributed by atoms with E-state index in [2.05, 4.69) is 140 Å². The van der Waals surface area contributed by atoms with Crippen LogP contribution in [0.3, 0.4) is 0 Å². The molecule has 0 aliphatic heterocycles. The average molecular weight is 678 g/mol. The summed E-state index contributed by atoms with van der Waals surface area (Å²) in [7, 11) is 0. The molecule has 8 aromatic carbocycles. The number of fused-ring (bicyclic) bond motifs is 4. The van der Waals surface area contributed by atoms with Gasteiger partial charge in [0, 0.05) is 27.5 Å². The molecule has 0 unspecified atom stereocenters. The van der Waals surface area contributed by atoms with E-state index in [0.29, 0.717) is 17.5 Å². The molecule has 0 atom stereocenters. The van der Waals surface area contributed by atoms with Gasteiger partial charge in [-0.2, -0.15) is 0 Å². The standard InChI is InChI=1S/C49H31N3O/c1-4-11-32(12-5-1)34-19-23-36(24-20-34)42-17-10-18-44-46(42)43-28-27-40(31-45(43)53-44)49-51-47(37-15-8-3-9-16-37)50-48(52-49)39-26-22-35-21-25-38(29-41(35)30-39)33-13-6-2-7-14-33/h1-31H. The SMILES string of the molecule is c1ccc(-c2ccc(-c3cccc4oc5cc(-c6nc(-c7ccccc7)nc(-c7ccc8ccc(-c9ccccc9)cc8c7)n6)ccc5c34)cc2)cc1. The lowest BCUT2D eigenvalue weighted by Gasteiger charge is -2.10. The van der Waals surface area contributed by atoms with Crippen molar-refractivity contribution < 1.29 is 4.42 Å². The summed E-state index contributed by atoms with van der Waals surface area (Å²) in [4.78, 5) is 15.1. The maximum Gasteiger partial charge on any atom is 0.164 e. The Morgan fingerprint density at radius 2 is 0.792 bits per heavy atom. The largest absolute Gasteiger partial charge is 0.456 e. The summed E-state index contributed by atoms with van der Waals surface area (Å²) in [5.74, 6) is 1.83. The molecule has 53 heavy (non-hydrogen) atoms. The number of rotatable bonds is 6. The number of aromatic nitrogens is 3. The van der Waals surface area contributed by atoms with E-state index in [9.17, 15) is 0 Å². The van der Waals surface area contributed by atoms with E-state index in [0.717, 1.165) is 60.5 Å². The Kier molecular flexibility index (Phi) is 7.43. The van der Waals surface area contributed by atoms with Crippen molar-refractivity contribution in [1.29, 1.82) is 0 Å². The minimum atomic E-state index is 0.589. The van der Waals surface area contributed by atoms with Gasteiger partial charge in [-0.15, -0.1) is 0 Å². The van der Waals surface area contributed by atoms with Gasteiger partial charge in [-0.05, 0) is 74.5 Å². The second-order valence-corrected chi connectivity index (χ2v) is 13.3. The molecule has 0 saturated carbocycles. The first-order valence-corrected chi connectivity index (χ1v) is 17.8. The molecule has 2 aromatic heterocycles. The third-order valence-electron chi connectivity index (χ3n) is 9.93. The molecule has 248 valence electrons. The van der Waals surface area contributed by atoms with Crippen LogP contribution in [0.4, 0.5) is 0 Å². The van der Waals surface area contributed by atoms with Gasteiger partial charge in [0.05, 0.1) is 0 Å². The highest BCUT2D eigenvalue weighted by molar-refractivity contribution is 6.13. The summed E-state index contributed by atoms with van der Waals surface area (Å²) in [6.45, 7) is 0. The quantitative estimate of drug-likeness (QED) is 0.176. The van der Waals surface area contributed by atoms with Crippen molar-refractivity contribution in [2.24, 2.45) is 0 Å². The van der Waals surface area contributed by atoms with E-state index >= 15 is 0 Å². The van der Waals surface area contributed by atoms with E-state index in [1.807, 2.05) is 48.5 Å². The predicted molar refractivity (Wildman–Crippen MR) is 217 cm³/mol. The second-order valence-electron chi connectivity index (χ2n) is 13.3. The smallest absolute Gasteiger partial charge is 0.164 e. The molecule has 10 rings (SSSR count). The maximum atomic E-state index is 6.52. The molecule has 0 amide bonds. The van der Waals surface area contributed by atoms with Gasteiger partial charge < -0.3 is 4.42 Å². The number of nitrogens with zero attached hydrogens (tertiary/aromatic N) is 3. The molecule has 4 nitrogen and oxygen atoms in total. The van der Waals surface area contributed by atoms with Crippen molar-refractivity contribution in [2.45, 2.75) is 0 Å². The fourth-order valence-electron chi connectivity index (χ4n) is 7.22. The molecule has 0 bridgehead atoms. The zero-order valence-electron chi connectivity index (χ0n) is 28.6. The van der Waals surface area contributed by atoms with E-state index in [1.54, 1.807) is 0 Å². The van der Waals surface area contributed by atoms with Gasteiger partial charge >= 0.3 is 0 Å². The summed E-state index contributed by atoms with van der Waals surface area (Å²) in [6, 6.07) is 65.3. The van der Waals surface area contributed by atoms with Crippen molar-refractivity contribution in [3.63, 3.8) is 0 Å². The molecule has 0 aliphatic rings. The molecule has 10 aromatic rings. The zero-order chi connectivity index (χ0) is 35.1. The van der Waals surface area contributed by atoms with Gasteiger partial charge in [0.25, 0.3) is 0 Å². The normalized spacial score (nSPS) is 11.4. The van der Waals surface area contributed by atoms with Gasteiger partial charge in [-0.25, -0.2) is 15.0 Å². The second kappa shape index (κ2) is 12.9. The van der Waals surface area contributed by atoms with Crippen LogP contribution in [0.1, 0.15) is 0 Å². The number of benzene rings is 8. The molecule has 0 aliphatic carbocycles. The van der Waals surface area contributed by atoms with Crippen LogP contribution in [0.25, 0.3) is 100 Å². The van der Waals surface area contributed by atoms with Crippen LogP contribution in [0.15, 0.2) is 192 Å². The minimum absolute atomic E-state index is 0.589. The molecule has 4 heteroatoms. The van der Waals surface area contributed by atoms with Gasteiger partial charge in [-0.1, -0.05) is 158 Å². The molecule has 0 spiro atoms. The molecule has 0 N–H and O–H groups in total. The lowest BCUT2D eigenvalue weighted by atomic mass is 9.96. The van der Waals surface area contributed by atoms with Gasteiger partial charge in [0.1, 0.15) is 11.2 Å². The summed E-state index contributed by atoms with van der Waals surface area (Å²) in [5, 5.41) is 4.43. The van der Waals surface area contributed by atoms with Crippen molar-refractivity contribution in [3.05, 3.63) is 188 Å². The number of hydrogen-bond acceptors (Lipinski definition) is 4. The Morgan fingerprint density at radius 3 is 1.47 bits per heavy atom. The summed E-state index contributed by atoms with van der Waals surface area (Å²) >= 11 is 0. The van der Waals surface area contributed by atoms with E-state index in [1.165, 1.54) is 22.3 Å². The Bertz CT molecular complexity index is 2920. The van der Waals surface area contributed by atoms with Crippen LogP contribution in [-0.4, -0.2) is 15.0 Å². The highest BCUT2D eigenvalue weighted by Gasteiger charge is 2.17. The Balaban J connectivity index is 1.07. The fourth-order valence-corrected chi connectivity index (χ4v) is 7.22. The van der Waals surface area contributed by atoms with Crippen LogP contribution in [0.2, 0.25) is 0 Å². The molecule has 2 heterocycles. The van der Waals surface area contributed by atoms with Crippen LogP contribution in [0, 0.1) is 0 Å². The maximum absolute atomic E-state index is 6.52. The zero-order valence-corrected chi connectivity index (χ0v) is 28.6. The predicted octanol–water partition coefficient (Wildman–Crippen LogP) is 12.9. The third kappa shape index (κ3) is 5.73. The van der Waals surface area contributed by atoms with Crippen LogP contribution in [0.5, 0.6) is 0 Å². The van der Waals surface area contributed by atoms with Crippen molar-refractivity contribution in [1.82, 2.24) is 15.0 Å².